The first kappa shape index (κ1) is 22.9. The number of hydrogen-bond donors (Lipinski definition) is 1. The minimum Gasteiger partial charge on any atom is -0.492 e. The highest BCUT2D eigenvalue weighted by atomic mass is 32.2. The van der Waals surface area contributed by atoms with Gasteiger partial charge in [-0.15, -0.1) is 5.10 Å². The lowest BCUT2D eigenvalue weighted by Crippen LogP contribution is -2.35. The van der Waals surface area contributed by atoms with Crippen LogP contribution in [0.5, 0.6) is 5.75 Å². The van der Waals surface area contributed by atoms with Gasteiger partial charge in [-0.25, -0.2) is 13.1 Å². The third-order valence-electron chi connectivity index (χ3n) is 5.37. The molecule has 33 heavy (non-hydrogen) atoms. The van der Waals surface area contributed by atoms with E-state index in [4.69, 9.17) is 4.74 Å². The van der Waals surface area contributed by atoms with Crippen molar-refractivity contribution in [2.24, 2.45) is 0 Å². The van der Waals surface area contributed by atoms with E-state index in [1.54, 1.807) is 19.1 Å². The van der Waals surface area contributed by atoms with Crippen LogP contribution in [0.4, 0.5) is 5.69 Å². The van der Waals surface area contributed by atoms with Crippen LogP contribution in [0, 0.1) is 0 Å². The van der Waals surface area contributed by atoms with E-state index in [1.165, 1.54) is 21.4 Å². The molecule has 3 aromatic rings. The molecular formula is C22H26N6O4S. The standard InChI is InChI=1S/C22H26N6O4S/c1-2-32-20-11-8-18(15-21(20)33(30,31)27-12-4-3-5-13-27)24-22(29)14-17-6-9-19(10-7-17)28-16-23-25-26-28/h6-11,15-16H,2-5,12-14H2,1H3,(H,24,29). The van der Waals surface area contributed by atoms with Crippen molar-refractivity contribution >= 4 is 21.6 Å². The maximum absolute atomic E-state index is 13.3. The van der Waals surface area contributed by atoms with E-state index in [9.17, 15) is 13.2 Å². The molecule has 2 heterocycles. The number of piperidine rings is 1. The Labute approximate surface area is 192 Å². The Morgan fingerprint density at radius 2 is 1.85 bits per heavy atom. The van der Waals surface area contributed by atoms with Crippen LogP contribution in [0.1, 0.15) is 31.7 Å². The summed E-state index contributed by atoms with van der Waals surface area (Å²) in [5.41, 5.74) is 1.99. The largest absolute Gasteiger partial charge is 0.492 e. The van der Waals surface area contributed by atoms with Gasteiger partial charge in [-0.05, 0) is 66.1 Å². The van der Waals surface area contributed by atoms with Gasteiger partial charge in [0.25, 0.3) is 0 Å². The van der Waals surface area contributed by atoms with Crippen LogP contribution in [-0.4, -0.2) is 58.5 Å². The van der Waals surface area contributed by atoms with E-state index >= 15 is 0 Å². The fourth-order valence-electron chi connectivity index (χ4n) is 3.74. The molecule has 0 bridgehead atoms. The van der Waals surface area contributed by atoms with Gasteiger partial charge < -0.3 is 10.1 Å². The van der Waals surface area contributed by atoms with Crippen LogP contribution in [0.2, 0.25) is 0 Å². The fraction of sp³-hybridized carbons (Fsp3) is 0.364. The fourth-order valence-corrected chi connectivity index (χ4v) is 5.42. The Morgan fingerprint density at radius 1 is 1.09 bits per heavy atom. The summed E-state index contributed by atoms with van der Waals surface area (Å²) in [5, 5.41) is 13.8. The molecule has 1 saturated heterocycles. The molecule has 1 aromatic heterocycles. The third kappa shape index (κ3) is 5.37. The molecule has 2 aromatic carbocycles. The predicted octanol–water partition coefficient (Wildman–Crippen LogP) is 2.42. The number of aromatic nitrogens is 4. The van der Waals surface area contributed by atoms with Crippen LogP contribution in [0.25, 0.3) is 5.69 Å². The molecule has 1 aliphatic heterocycles. The molecule has 0 saturated carbocycles. The second-order valence-electron chi connectivity index (χ2n) is 7.71. The molecule has 0 aliphatic carbocycles. The second-order valence-corrected chi connectivity index (χ2v) is 9.61. The van der Waals surface area contributed by atoms with Gasteiger partial charge in [0.2, 0.25) is 15.9 Å². The molecule has 10 nitrogen and oxygen atoms in total. The number of carbonyl (C=O) groups is 1. The van der Waals surface area contributed by atoms with E-state index in [2.05, 4.69) is 20.8 Å². The first-order valence-corrected chi connectivity index (χ1v) is 12.3. The number of hydrogen-bond acceptors (Lipinski definition) is 7. The molecule has 0 unspecified atom stereocenters. The van der Waals surface area contributed by atoms with Gasteiger partial charge >= 0.3 is 0 Å². The van der Waals surface area contributed by atoms with Crippen molar-refractivity contribution in [1.29, 1.82) is 0 Å². The van der Waals surface area contributed by atoms with E-state index < -0.39 is 10.0 Å². The number of ether oxygens (including phenoxy) is 1. The smallest absolute Gasteiger partial charge is 0.246 e. The first-order valence-electron chi connectivity index (χ1n) is 10.9. The lowest BCUT2D eigenvalue weighted by molar-refractivity contribution is -0.115. The van der Waals surface area contributed by atoms with Gasteiger partial charge in [0.1, 0.15) is 17.0 Å². The second kappa shape index (κ2) is 10.1. The maximum Gasteiger partial charge on any atom is 0.246 e. The van der Waals surface area contributed by atoms with E-state index in [0.717, 1.165) is 30.5 Å². The van der Waals surface area contributed by atoms with Gasteiger partial charge in [0.15, 0.2) is 0 Å². The van der Waals surface area contributed by atoms with Gasteiger partial charge in [0.05, 0.1) is 18.7 Å². The molecule has 1 N–H and O–H groups in total. The number of benzene rings is 2. The van der Waals surface area contributed by atoms with Gasteiger partial charge in [-0.3, -0.25) is 4.79 Å². The summed E-state index contributed by atoms with van der Waals surface area (Å²) in [4.78, 5) is 12.7. The van der Waals surface area contributed by atoms with Crippen LogP contribution >= 0.6 is 0 Å². The van der Waals surface area contributed by atoms with E-state index in [1.807, 2.05) is 24.3 Å². The molecule has 0 radical (unpaired) electrons. The average Bonchev–Trinajstić information content (AvgIpc) is 3.36. The SMILES string of the molecule is CCOc1ccc(NC(=O)Cc2ccc(-n3cnnn3)cc2)cc1S(=O)(=O)N1CCCCC1. The van der Waals surface area contributed by atoms with E-state index in [-0.39, 0.29) is 17.2 Å². The number of nitrogens with zero attached hydrogens (tertiary/aromatic N) is 5. The molecule has 174 valence electrons. The summed E-state index contributed by atoms with van der Waals surface area (Å²) < 4.78 is 35.1. The number of sulfonamides is 1. The minimum atomic E-state index is -3.72. The quantitative estimate of drug-likeness (QED) is 0.537. The molecule has 0 spiro atoms. The summed E-state index contributed by atoms with van der Waals surface area (Å²) in [6.07, 6.45) is 4.33. The summed E-state index contributed by atoms with van der Waals surface area (Å²) in [6.45, 7) is 3.13. The Bertz CT molecular complexity index is 1190. The maximum atomic E-state index is 13.3. The minimum absolute atomic E-state index is 0.0786. The van der Waals surface area contributed by atoms with Crippen molar-refractivity contribution < 1.29 is 17.9 Å². The number of rotatable bonds is 8. The van der Waals surface area contributed by atoms with Crippen LogP contribution < -0.4 is 10.1 Å². The van der Waals surface area contributed by atoms with Gasteiger partial charge in [-0.2, -0.15) is 4.31 Å². The van der Waals surface area contributed by atoms with Crippen LogP contribution in [0.15, 0.2) is 53.7 Å². The highest BCUT2D eigenvalue weighted by molar-refractivity contribution is 7.89. The van der Waals surface area contributed by atoms with Crippen LogP contribution in [-0.2, 0) is 21.2 Å². The highest BCUT2D eigenvalue weighted by Gasteiger charge is 2.29. The van der Waals surface area contributed by atoms with Crippen LogP contribution in [0.3, 0.4) is 0 Å². The first-order chi connectivity index (χ1) is 16.0. The zero-order chi connectivity index (χ0) is 23.3. The Balaban J connectivity index is 1.49. The highest BCUT2D eigenvalue weighted by Crippen LogP contribution is 2.31. The number of amides is 1. The lowest BCUT2D eigenvalue weighted by Gasteiger charge is -2.27. The molecular weight excluding hydrogens is 444 g/mol. The third-order valence-corrected chi connectivity index (χ3v) is 7.29. The topological polar surface area (TPSA) is 119 Å². The summed E-state index contributed by atoms with van der Waals surface area (Å²) in [6, 6.07) is 12.0. The molecule has 1 amide bonds. The summed E-state index contributed by atoms with van der Waals surface area (Å²) in [7, 11) is -3.72. The Morgan fingerprint density at radius 3 is 2.52 bits per heavy atom. The van der Waals surface area contributed by atoms with Gasteiger partial charge in [0, 0.05) is 18.8 Å². The van der Waals surface area contributed by atoms with Gasteiger partial charge in [-0.1, -0.05) is 18.6 Å². The number of carbonyl (C=O) groups excluding carboxylic acids is 1. The molecule has 1 fully saturated rings. The van der Waals surface area contributed by atoms with Crippen molar-refractivity contribution in [3.63, 3.8) is 0 Å². The summed E-state index contributed by atoms with van der Waals surface area (Å²) >= 11 is 0. The molecule has 11 heteroatoms. The summed E-state index contributed by atoms with van der Waals surface area (Å²) in [5.74, 6) is 0.0370. The Hall–Kier alpha value is -3.31. The van der Waals surface area contributed by atoms with Crippen molar-refractivity contribution in [1.82, 2.24) is 24.5 Å². The zero-order valence-electron chi connectivity index (χ0n) is 18.3. The molecule has 0 atom stereocenters. The predicted molar refractivity (Wildman–Crippen MR) is 122 cm³/mol. The normalized spacial score (nSPS) is 14.7. The zero-order valence-corrected chi connectivity index (χ0v) is 19.2. The van der Waals surface area contributed by atoms with Crippen molar-refractivity contribution in [3.05, 3.63) is 54.4 Å². The van der Waals surface area contributed by atoms with Crippen molar-refractivity contribution in [3.8, 4) is 11.4 Å². The van der Waals surface area contributed by atoms with Crippen molar-refractivity contribution in [2.45, 2.75) is 37.5 Å². The molecule has 1 aliphatic rings. The number of tetrazole rings is 1. The lowest BCUT2D eigenvalue weighted by atomic mass is 10.1. The average molecular weight is 471 g/mol. The Kier molecular flexibility index (Phi) is 6.99. The van der Waals surface area contributed by atoms with Crippen molar-refractivity contribution in [2.75, 3.05) is 25.0 Å². The van der Waals surface area contributed by atoms with E-state index in [0.29, 0.717) is 31.1 Å². The monoisotopic (exact) mass is 470 g/mol. The number of anilines is 1. The molecule has 4 rings (SSSR count). The number of nitrogens with one attached hydrogen (secondary N) is 1.